The van der Waals surface area contributed by atoms with Gasteiger partial charge in [-0.3, -0.25) is 0 Å². The van der Waals surface area contributed by atoms with Crippen LogP contribution in [0.15, 0.2) is 34.8 Å². The van der Waals surface area contributed by atoms with Crippen LogP contribution < -0.4 is 18.9 Å². The number of hydrogen-bond donors (Lipinski definition) is 0. The number of methoxy groups -OCH3 is 4. The van der Waals surface area contributed by atoms with E-state index < -0.39 is 0 Å². The van der Waals surface area contributed by atoms with Crippen LogP contribution in [-0.4, -0.2) is 31.7 Å². The predicted molar refractivity (Wildman–Crippen MR) is 128 cm³/mol. The third kappa shape index (κ3) is 5.12. The van der Waals surface area contributed by atoms with Crippen molar-refractivity contribution in [1.29, 1.82) is 0 Å². The molecular weight excluding hydrogens is 568 g/mol. The van der Waals surface area contributed by atoms with Crippen molar-refractivity contribution in [2.75, 3.05) is 28.4 Å². The van der Waals surface area contributed by atoms with Crippen molar-refractivity contribution in [2.45, 2.75) is 22.0 Å². The molecular formula is C22H23Br3O4. The van der Waals surface area contributed by atoms with E-state index >= 15 is 0 Å². The molecule has 1 atom stereocenters. The van der Waals surface area contributed by atoms with E-state index in [-0.39, 0.29) is 3.23 Å². The molecule has 1 saturated carbocycles. The summed E-state index contributed by atoms with van der Waals surface area (Å²) in [6.07, 6.45) is 3.84. The minimum atomic E-state index is -0.0477. The summed E-state index contributed by atoms with van der Waals surface area (Å²) in [4.78, 5) is 0. The predicted octanol–water partition coefficient (Wildman–Crippen LogP) is 6.67. The van der Waals surface area contributed by atoms with Gasteiger partial charge in [-0.15, -0.1) is 0 Å². The van der Waals surface area contributed by atoms with E-state index in [2.05, 4.69) is 66.0 Å². The van der Waals surface area contributed by atoms with Crippen molar-refractivity contribution in [1.82, 2.24) is 0 Å². The van der Waals surface area contributed by atoms with Gasteiger partial charge in [-0.1, -0.05) is 53.9 Å². The van der Waals surface area contributed by atoms with Crippen LogP contribution in [-0.2, 0) is 6.42 Å². The lowest BCUT2D eigenvalue weighted by atomic mass is 9.99. The van der Waals surface area contributed by atoms with E-state index in [9.17, 15) is 0 Å². The highest BCUT2D eigenvalue weighted by atomic mass is 79.9. The molecule has 0 amide bonds. The second-order valence-electron chi connectivity index (χ2n) is 6.81. The first-order chi connectivity index (χ1) is 13.8. The van der Waals surface area contributed by atoms with Gasteiger partial charge in [-0.05, 0) is 53.5 Å². The number of benzene rings is 2. The fourth-order valence-electron chi connectivity index (χ4n) is 3.32. The topological polar surface area (TPSA) is 36.9 Å². The Morgan fingerprint density at radius 2 is 1.48 bits per heavy atom. The standard InChI is InChI=1S/C22H23Br3O4/c1-26-18-6-5-13(8-19(18)27-2)7-15(23)9-14-10-20(28-3)21(29-4)11-16(14)17-12-22(17,24)25/h5-8,10-11,17H,9,12H2,1-4H3/b15-7-. The normalized spacial score (nSPS) is 17.6. The monoisotopic (exact) mass is 588 g/mol. The summed E-state index contributed by atoms with van der Waals surface area (Å²) in [5, 5.41) is 0. The molecule has 1 fully saturated rings. The molecule has 3 rings (SSSR count). The molecule has 29 heavy (non-hydrogen) atoms. The highest BCUT2D eigenvalue weighted by molar-refractivity contribution is 9.25. The van der Waals surface area contributed by atoms with Crippen molar-refractivity contribution in [3.63, 3.8) is 0 Å². The second kappa shape index (κ2) is 9.31. The van der Waals surface area contributed by atoms with Gasteiger partial charge in [0.15, 0.2) is 23.0 Å². The van der Waals surface area contributed by atoms with Crippen molar-refractivity contribution >= 4 is 53.9 Å². The van der Waals surface area contributed by atoms with E-state index in [0.717, 1.165) is 34.4 Å². The molecule has 1 aliphatic carbocycles. The Balaban J connectivity index is 1.93. The molecule has 156 valence electrons. The number of hydrogen-bond acceptors (Lipinski definition) is 4. The first-order valence-electron chi connectivity index (χ1n) is 9.03. The molecule has 2 aromatic rings. The minimum Gasteiger partial charge on any atom is -0.493 e. The van der Waals surface area contributed by atoms with Crippen LogP contribution in [0.3, 0.4) is 0 Å². The van der Waals surface area contributed by atoms with Gasteiger partial charge in [0, 0.05) is 16.8 Å². The summed E-state index contributed by atoms with van der Waals surface area (Å²) in [7, 11) is 6.59. The molecule has 0 N–H and O–H groups in total. The van der Waals surface area contributed by atoms with Crippen molar-refractivity contribution in [3.8, 4) is 23.0 Å². The molecule has 4 nitrogen and oxygen atoms in total. The van der Waals surface area contributed by atoms with E-state index in [1.807, 2.05) is 18.2 Å². The second-order valence-corrected chi connectivity index (χ2v) is 11.7. The molecule has 2 aromatic carbocycles. The highest BCUT2D eigenvalue weighted by Gasteiger charge is 2.52. The average molecular weight is 591 g/mol. The first-order valence-corrected chi connectivity index (χ1v) is 11.4. The summed E-state index contributed by atoms with van der Waals surface area (Å²) >= 11 is 11.2. The summed E-state index contributed by atoms with van der Waals surface area (Å²) in [6.45, 7) is 0. The smallest absolute Gasteiger partial charge is 0.161 e. The van der Waals surface area contributed by atoms with Gasteiger partial charge in [-0.25, -0.2) is 0 Å². The molecule has 0 aliphatic heterocycles. The zero-order valence-corrected chi connectivity index (χ0v) is 21.5. The average Bonchev–Trinajstić information content (AvgIpc) is 3.35. The Morgan fingerprint density at radius 3 is 2.03 bits per heavy atom. The number of alkyl halides is 2. The van der Waals surface area contributed by atoms with Crippen LogP contribution in [0.2, 0.25) is 0 Å². The number of ether oxygens (including phenoxy) is 4. The maximum absolute atomic E-state index is 5.53. The maximum Gasteiger partial charge on any atom is 0.161 e. The highest BCUT2D eigenvalue weighted by Crippen LogP contribution is 2.63. The Kier molecular flexibility index (Phi) is 7.23. The molecule has 7 heteroatoms. The molecule has 0 spiro atoms. The van der Waals surface area contributed by atoms with E-state index in [1.54, 1.807) is 28.4 Å². The molecule has 0 bridgehead atoms. The molecule has 0 radical (unpaired) electrons. The Morgan fingerprint density at radius 1 is 0.931 bits per heavy atom. The van der Waals surface area contributed by atoms with Gasteiger partial charge in [0.05, 0.1) is 31.7 Å². The van der Waals surface area contributed by atoms with Crippen LogP contribution in [0.25, 0.3) is 6.08 Å². The molecule has 1 unspecified atom stereocenters. The summed E-state index contributed by atoms with van der Waals surface area (Å²) < 4.78 is 22.8. The van der Waals surface area contributed by atoms with Crippen molar-refractivity contribution in [3.05, 3.63) is 51.5 Å². The van der Waals surface area contributed by atoms with Gasteiger partial charge in [-0.2, -0.15) is 0 Å². The Hall–Kier alpha value is -1.18. The Bertz CT molecular complexity index is 925. The van der Waals surface area contributed by atoms with Crippen LogP contribution in [0.4, 0.5) is 0 Å². The quantitative estimate of drug-likeness (QED) is 0.322. The van der Waals surface area contributed by atoms with Gasteiger partial charge >= 0.3 is 0 Å². The minimum absolute atomic E-state index is 0.0477. The fourth-order valence-corrected chi connectivity index (χ4v) is 5.03. The Labute approximate surface area is 196 Å². The van der Waals surface area contributed by atoms with Crippen LogP contribution in [0.1, 0.15) is 29.0 Å². The molecule has 1 aliphatic rings. The van der Waals surface area contributed by atoms with E-state index in [1.165, 1.54) is 11.1 Å². The van der Waals surface area contributed by atoms with Gasteiger partial charge in [0.25, 0.3) is 0 Å². The van der Waals surface area contributed by atoms with Crippen LogP contribution in [0, 0.1) is 0 Å². The van der Waals surface area contributed by atoms with Gasteiger partial charge in [0.1, 0.15) is 0 Å². The van der Waals surface area contributed by atoms with E-state index in [0.29, 0.717) is 17.4 Å². The summed E-state index contributed by atoms with van der Waals surface area (Å²) in [5.41, 5.74) is 3.46. The SMILES string of the molecule is COc1ccc(/C=C(\Br)Cc2cc(OC)c(OC)cc2C2CC2(Br)Br)cc1OC. The van der Waals surface area contributed by atoms with Gasteiger partial charge in [0.2, 0.25) is 0 Å². The lowest BCUT2D eigenvalue weighted by Crippen LogP contribution is -2.00. The molecule has 0 saturated heterocycles. The van der Waals surface area contributed by atoms with Crippen LogP contribution in [0.5, 0.6) is 23.0 Å². The number of allylic oxidation sites excluding steroid dienone is 1. The third-order valence-electron chi connectivity index (χ3n) is 4.94. The van der Waals surface area contributed by atoms with Crippen molar-refractivity contribution in [2.24, 2.45) is 0 Å². The lowest BCUT2D eigenvalue weighted by Gasteiger charge is -2.16. The number of halogens is 3. The fraction of sp³-hybridized carbons (Fsp3) is 0.364. The summed E-state index contributed by atoms with van der Waals surface area (Å²) in [5.74, 6) is 3.26. The molecule has 0 aromatic heterocycles. The zero-order valence-electron chi connectivity index (χ0n) is 16.7. The summed E-state index contributed by atoms with van der Waals surface area (Å²) in [6, 6.07) is 10.0. The van der Waals surface area contributed by atoms with Crippen LogP contribution >= 0.6 is 47.8 Å². The lowest BCUT2D eigenvalue weighted by molar-refractivity contribution is 0.354. The van der Waals surface area contributed by atoms with Gasteiger partial charge < -0.3 is 18.9 Å². The van der Waals surface area contributed by atoms with Crippen molar-refractivity contribution < 1.29 is 18.9 Å². The largest absolute Gasteiger partial charge is 0.493 e. The maximum atomic E-state index is 5.53. The number of rotatable bonds is 8. The zero-order chi connectivity index (χ0) is 21.2. The third-order valence-corrected chi connectivity index (χ3v) is 7.20. The molecule has 0 heterocycles. The first kappa shape index (κ1) is 22.5. The van der Waals surface area contributed by atoms with E-state index in [4.69, 9.17) is 18.9 Å².